The van der Waals surface area contributed by atoms with Crippen molar-refractivity contribution in [2.24, 2.45) is 0 Å². The van der Waals surface area contributed by atoms with Gasteiger partial charge in [0.05, 0.1) is 24.8 Å². The highest BCUT2D eigenvalue weighted by Crippen LogP contribution is 2.27. The van der Waals surface area contributed by atoms with E-state index in [1.807, 2.05) is 0 Å². The fourth-order valence-corrected chi connectivity index (χ4v) is 2.85. The number of benzene rings is 1. The smallest absolute Gasteiger partial charge is 0.153 e. The predicted molar refractivity (Wildman–Crippen MR) is 101 cm³/mol. The van der Waals surface area contributed by atoms with Gasteiger partial charge in [-0.05, 0) is 18.6 Å². The lowest BCUT2D eigenvalue weighted by atomic mass is 10.1. The van der Waals surface area contributed by atoms with Gasteiger partial charge in [0, 0.05) is 0 Å². The van der Waals surface area contributed by atoms with Crippen LogP contribution in [-0.4, -0.2) is 26.3 Å². The van der Waals surface area contributed by atoms with Crippen molar-refractivity contribution >= 4 is 12.6 Å². The average molecular weight is 348 g/mol. The SMILES string of the molecule is CCCCCCCCCCCCOc1cc(C=O)c(OC)cc1C=O. The first-order chi connectivity index (χ1) is 12.3. The number of ether oxygens (including phenoxy) is 2. The summed E-state index contributed by atoms with van der Waals surface area (Å²) in [5.74, 6) is 0.845. The summed E-state index contributed by atoms with van der Waals surface area (Å²) in [4.78, 5) is 22.2. The minimum absolute atomic E-state index is 0.392. The fraction of sp³-hybridized carbons (Fsp3) is 0.619. The van der Waals surface area contributed by atoms with Crippen LogP contribution in [0.2, 0.25) is 0 Å². The van der Waals surface area contributed by atoms with Crippen LogP contribution in [0.25, 0.3) is 0 Å². The Morgan fingerprint density at radius 2 is 1.24 bits per heavy atom. The molecule has 0 aliphatic heterocycles. The van der Waals surface area contributed by atoms with E-state index in [2.05, 4.69) is 6.92 Å². The summed E-state index contributed by atoms with van der Waals surface area (Å²) >= 11 is 0. The van der Waals surface area contributed by atoms with Gasteiger partial charge in [-0.1, -0.05) is 64.7 Å². The van der Waals surface area contributed by atoms with Crippen molar-refractivity contribution in [3.8, 4) is 11.5 Å². The molecule has 1 aromatic rings. The summed E-state index contributed by atoms with van der Waals surface area (Å²) in [6.45, 7) is 2.80. The molecule has 0 unspecified atom stereocenters. The number of unbranched alkanes of at least 4 members (excludes halogenated alkanes) is 9. The van der Waals surface area contributed by atoms with Crippen molar-refractivity contribution in [3.63, 3.8) is 0 Å². The molecule has 0 saturated carbocycles. The number of carbonyl (C=O) groups excluding carboxylic acids is 2. The van der Waals surface area contributed by atoms with Crippen LogP contribution in [0.3, 0.4) is 0 Å². The van der Waals surface area contributed by atoms with Gasteiger partial charge >= 0.3 is 0 Å². The molecule has 1 aromatic carbocycles. The van der Waals surface area contributed by atoms with E-state index in [9.17, 15) is 9.59 Å². The number of hydrogen-bond donors (Lipinski definition) is 0. The van der Waals surface area contributed by atoms with Gasteiger partial charge in [0.2, 0.25) is 0 Å². The second-order valence-electron chi connectivity index (χ2n) is 6.40. The Balaban J connectivity index is 2.23. The van der Waals surface area contributed by atoms with E-state index in [0.717, 1.165) is 19.1 Å². The Morgan fingerprint density at radius 1 is 0.760 bits per heavy atom. The average Bonchev–Trinajstić information content (AvgIpc) is 2.65. The number of hydrogen-bond acceptors (Lipinski definition) is 4. The van der Waals surface area contributed by atoms with Crippen LogP contribution in [0.5, 0.6) is 11.5 Å². The monoisotopic (exact) mass is 348 g/mol. The second kappa shape index (κ2) is 13.5. The highest BCUT2D eigenvalue weighted by Gasteiger charge is 2.10. The van der Waals surface area contributed by atoms with Crippen molar-refractivity contribution in [2.75, 3.05) is 13.7 Å². The van der Waals surface area contributed by atoms with Crippen LogP contribution in [0.4, 0.5) is 0 Å². The van der Waals surface area contributed by atoms with Gasteiger partial charge in [0.15, 0.2) is 12.6 Å². The first-order valence-corrected chi connectivity index (χ1v) is 9.52. The Hall–Kier alpha value is -1.84. The topological polar surface area (TPSA) is 52.6 Å². The zero-order chi connectivity index (χ0) is 18.3. The summed E-state index contributed by atoms with van der Waals surface area (Å²) < 4.78 is 10.8. The largest absolute Gasteiger partial charge is 0.496 e. The van der Waals surface area contributed by atoms with E-state index in [1.165, 1.54) is 58.5 Å². The van der Waals surface area contributed by atoms with Crippen molar-refractivity contribution in [2.45, 2.75) is 71.1 Å². The predicted octanol–water partition coefficient (Wildman–Crippen LogP) is 5.62. The van der Waals surface area contributed by atoms with Crippen LogP contribution in [-0.2, 0) is 0 Å². The van der Waals surface area contributed by atoms with Crippen molar-refractivity contribution in [1.82, 2.24) is 0 Å². The molecule has 0 aromatic heterocycles. The molecule has 0 aliphatic carbocycles. The number of carbonyl (C=O) groups is 2. The maximum Gasteiger partial charge on any atom is 0.153 e. The summed E-state index contributed by atoms with van der Waals surface area (Å²) in [6.07, 6.45) is 14.1. The molecule has 4 nitrogen and oxygen atoms in total. The Bertz CT molecular complexity index is 511. The third kappa shape index (κ3) is 8.19. The van der Waals surface area contributed by atoms with Gasteiger partial charge in [0.25, 0.3) is 0 Å². The van der Waals surface area contributed by atoms with Crippen LogP contribution in [0, 0.1) is 0 Å². The Kier molecular flexibility index (Phi) is 11.4. The molecule has 4 heteroatoms. The van der Waals surface area contributed by atoms with E-state index in [1.54, 1.807) is 12.1 Å². The van der Waals surface area contributed by atoms with Gasteiger partial charge < -0.3 is 9.47 Å². The minimum atomic E-state index is 0.392. The molecule has 140 valence electrons. The zero-order valence-corrected chi connectivity index (χ0v) is 15.7. The molecule has 0 bridgehead atoms. The van der Waals surface area contributed by atoms with Crippen LogP contribution < -0.4 is 9.47 Å². The molecule has 0 heterocycles. The third-order valence-electron chi connectivity index (χ3n) is 4.37. The molecule has 1 rings (SSSR count). The molecule has 25 heavy (non-hydrogen) atoms. The number of methoxy groups -OCH3 is 1. The minimum Gasteiger partial charge on any atom is -0.496 e. The molecule has 0 radical (unpaired) electrons. The molecule has 0 atom stereocenters. The molecular weight excluding hydrogens is 316 g/mol. The zero-order valence-electron chi connectivity index (χ0n) is 15.7. The Morgan fingerprint density at radius 3 is 1.76 bits per heavy atom. The molecule has 0 aliphatic rings. The molecule has 0 fully saturated rings. The van der Waals surface area contributed by atoms with Crippen molar-refractivity contribution < 1.29 is 19.1 Å². The lowest BCUT2D eigenvalue weighted by Crippen LogP contribution is -2.02. The molecule has 0 amide bonds. The van der Waals surface area contributed by atoms with Gasteiger partial charge in [-0.15, -0.1) is 0 Å². The van der Waals surface area contributed by atoms with Crippen molar-refractivity contribution in [1.29, 1.82) is 0 Å². The lowest BCUT2D eigenvalue weighted by Gasteiger charge is -2.11. The molecule has 0 N–H and O–H groups in total. The Labute approximate surface area is 151 Å². The quantitative estimate of drug-likeness (QED) is 0.305. The van der Waals surface area contributed by atoms with E-state index in [-0.39, 0.29) is 0 Å². The van der Waals surface area contributed by atoms with Crippen LogP contribution in [0.1, 0.15) is 91.8 Å². The second-order valence-corrected chi connectivity index (χ2v) is 6.40. The van der Waals surface area contributed by atoms with E-state index >= 15 is 0 Å². The number of aldehydes is 2. The number of rotatable bonds is 15. The molecule has 0 saturated heterocycles. The summed E-state index contributed by atoms with van der Waals surface area (Å²) in [6, 6.07) is 3.12. The standard InChI is InChI=1S/C21H32O4/c1-3-4-5-6-7-8-9-10-11-12-13-25-21-15-18(16-22)20(24-2)14-19(21)17-23/h14-17H,3-13H2,1-2H3. The maximum absolute atomic E-state index is 11.2. The van der Waals surface area contributed by atoms with E-state index < -0.39 is 0 Å². The van der Waals surface area contributed by atoms with E-state index in [0.29, 0.717) is 35.5 Å². The summed E-state index contributed by atoms with van der Waals surface area (Å²) in [5.41, 5.74) is 0.806. The highest BCUT2D eigenvalue weighted by atomic mass is 16.5. The fourth-order valence-electron chi connectivity index (χ4n) is 2.85. The first kappa shape index (κ1) is 21.2. The highest BCUT2D eigenvalue weighted by molar-refractivity contribution is 5.87. The summed E-state index contributed by atoms with van der Waals surface area (Å²) in [7, 11) is 1.47. The first-order valence-electron chi connectivity index (χ1n) is 9.52. The van der Waals surface area contributed by atoms with Gasteiger partial charge in [-0.2, -0.15) is 0 Å². The van der Waals surface area contributed by atoms with Crippen LogP contribution in [0.15, 0.2) is 12.1 Å². The van der Waals surface area contributed by atoms with Crippen LogP contribution >= 0.6 is 0 Å². The summed E-state index contributed by atoms with van der Waals surface area (Å²) in [5, 5.41) is 0. The maximum atomic E-state index is 11.2. The van der Waals surface area contributed by atoms with Gasteiger partial charge in [0.1, 0.15) is 11.5 Å². The van der Waals surface area contributed by atoms with E-state index in [4.69, 9.17) is 9.47 Å². The molecule has 0 spiro atoms. The van der Waals surface area contributed by atoms with Gasteiger partial charge in [-0.3, -0.25) is 9.59 Å². The molecular formula is C21H32O4. The normalized spacial score (nSPS) is 10.5. The third-order valence-corrected chi connectivity index (χ3v) is 4.37. The van der Waals surface area contributed by atoms with Gasteiger partial charge in [-0.25, -0.2) is 0 Å². The van der Waals surface area contributed by atoms with Crippen molar-refractivity contribution in [3.05, 3.63) is 23.3 Å². The lowest BCUT2D eigenvalue weighted by molar-refractivity contribution is 0.110.